The number of nitrogens with one attached hydrogen (secondary N) is 1. The van der Waals surface area contributed by atoms with Crippen molar-refractivity contribution in [1.82, 2.24) is 10.2 Å². The minimum Gasteiger partial charge on any atom is -0.300 e. The van der Waals surface area contributed by atoms with Gasteiger partial charge in [-0.1, -0.05) is 35.1 Å². The predicted molar refractivity (Wildman–Crippen MR) is 68.4 cm³/mol. The van der Waals surface area contributed by atoms with Crippen LogP contribution in [0.2, 0.25) is 5.02 Å². The van der Waals surface area contributed by atoms with Crippen molar-refractivity contribution < 1.29 is 9.18 Å². The normalized spacial score (nSPS) is 10.4. The van der Waals surface area contributed by atoms with Crippen molar-refractivity contribution >= 4 is 34.0 Å². The fourth-order valence-electron chi connectivity index (χ4n) is 1.37. The maximum atomic E-state index is 13.6. The monoisotopic (exact) mass is 285 g/mol. The Hall–Kier alpha value is -1.53. The van der Waals surface area contributed by atoms with E-state index in [1.54, 1.807) is 13.0 Å². The number of nitrogens with zero attached hydrogens (tertiary/aromatic N) is 2. The molecule has 0 radical (unpaired) electrons. The van der Waals surface area contributed by atoms with Crippen molar-refractivity contribution in [2.75, 3.05) is 5.32 Å². The van der Waals surface area contributed by atoms with Crippen molar-refractivity contribution in [3.63, 3.8) is 0 Å². The number of anilines is 1. The van der Waals surface area contributed by atoms with E-state index in [1.807, 2.05) is 0 Å². The largest absolute Gasteiger partial charge is 0.300 e. The molecule has 1 amide bonds. The minimum absolute atomic E-state index is 0.00654. The fraction of sp³-hybridized carbons (Fsp3) is 0.182. The van der Waals surface area contributed by atoms with Gasteiger partial charge in [-0.3, -0.25) is 4.79 Å². The second-order valence-corrected chi connectivity index (χ2v) is 5.15. The summed E-state index contributed by atoms with van der Waals surface area (Å²) in [6.07, 6.45) is -0.0922. The van der Waals surface area contributed by atoms with E-state index in [2.05, 4.69) is 15.5 Å². The third kappa shape index (κ3) is 3.02. The van der Waals surface area contributed by atoms with Crippen molar-refractivity contribution in [2.24, 2.45) is 0 Å². The summed E-state index contributed by atoms with van der Waals surface area (Å²) in [6.45, 7) is 1.78. The Labute approximate surface area is 112 Å². The van der Waals surface area contributed by atoms with Gasteiger partial charge < -0.3 is 5.32 Å². The maximum Gasteiger partial charge on any atom is 0.230 e. The van der Waals surface area contributed by atoms with Crippen LogP contribution in [0.15, 0.2) is 18.2 Å². The molecule has 0 aliphatic heterocycles. The van der Waals surface area contributed by atoms with Crippen molar-refractivity contribution in [3.8, 4) is 0 Å². The molecule has 0 atom stereocenters. The van der Waals surface area contributed by atoms with Crippen molar-refractivity contribution in [1.29, 1.82) is 0 Å². The Morgan fingerprint density at radius 3 is 2.94 bits per heavy atom. The van der Waals surface area contributed by atoms with Crippen molar-refractivity contribution in [3.05, 3.63) is 39.6 Å². The van der Waals surface area contributed by atoms with Crippen LogP contribution in [-0.4, -0.2) is 16.1 Å². The van der Waals surface area contributed by atoms with E-state index in [0.717, 1.165) is 5.01 Å². The number of hydrogen-bond acceptors (Lipinski definition) is 4. The van der Waals surface area contributed by atoms with E-state index in [4.69, 9.17) is 11.6 Å². The van der Waals surface area contributed by atoms with Crippen molar-refractivity contribution in [2.45, 2.75) is 13.3 Å². The lowest BCUT2D eigenvalue weighted by atomic mass is 10.1. The van der Waals surface area contributed by atoms with Gasteiger partial charge >= 0.3 is 0 Å². The number of rotatable bonds is 3. The molecule has 0 unspecified atom stereocenters. The first-order chi connectivity index (χ1) is 8.56. The molecule has 4 nitrogen and oxygen atoms in total. The van der Waals surface area contributed by atoms with Gasteiger partial charge in [-0.15, -0.1) is 10.2 Å². The summed E-state index contributed by atoms with van der Waals surface area (Å²) in [6, 6.07) is 4.56. The standard InChI is InChI=1S/C11H9ClFN3OS/c1-6-15-16-11(18-6)14-9(17)5-7-3-2-4-8(12)10(7)13/h2-4H,5H2,1H3,(H,14,16,17). The summed E-state index contributed by atoms with van der Waals surface area (Å²) in [5.41, 5.74) is 0.251. The number of amides is 1. The molecule has 2 rings (SSSR count). The quantitative estimate of drug-likeness (QED) is 0.943. The molecule has 1 aromatic heterocycles. The van der Waals surface area contributed by atoms with Gasteiger partial charge in [0.25, 0.3) is 0 Å². The molecule has 0 aliphatic carbocycles. The summed E-state index contributed by atoms with van der Waals surface area (Å²) >= 11 is 6.89. The van der Waals surface area contributed by atoms with E-state index >= 15 is 0 Å². The highest BCUT2D eigenvalue weighted by molar-refractivity contribution is 7.15. The Bertz CT molecular complexity index is 587. The zero-order valence-electron chi connectivity index (χ0n) is 9.41. The number of aromatic nitrogens is 2. The molecule has 7 heteroatoms. The van der Waals surface area contributed by atoms with Crippen LogP contribution in [0.1, 0.15) is 10.6 Å². The van der Waals surface area contributed by atoms with Crippen LogP contribution in [0.3, 0.4) is 0 Å². The van der Waals surface area contributed by atoms with Gasteiger partial charge in [0.15, 0.2) is 0 Å². The van der Waals surface area contributed by atoms with Gasteiger partial charge in [-0.2, -0.15) is 0 Å². The van der Waals surface area contributed by atoms with E-state index in [-0.39, 0.29) is 22.9 Å². The number of carbonyl (C=O) groups excluding carboxylic acids is 1. The number of carbonyl (C=O) groups is 1. The fourth-order valence-corrected chi connectivity index (χ4v) is 2.17. The molecule has 0 fully saturated rings. The molecule has 1 aromatic carbocycles. The predicted octanol–water partition coefficient (Wildman–Crippen LogP) is 2.82. The molecule has 1 N–H and O–H groups in total. The molecule has 0 aliphatic rings. The van der Waals surface area contributed by atoms with Crippen LogP contribution >= 0.6 is 22.9 Å². The summed E-state index contributed by atoms with van der Waals surface area (Å²) in [4.78, 5) is 11.7. The molecule has 0 saturated heterocycles. The molecule has 18 heavy (non-hydrogen) atoms. The number of aryl methyl sites for hydroxylation is 1. The van der Waals surface area contributed by atoms with E-state index in [1.165, 1.54) is 23.5 Å². The summed E-state index contributed by atoms with van der Waals surface area (Å²) < 4.78 is 13.6. The number of benzene rings is 1. The molecule has 0 saturated carbocycles. The second-order valence-electron chi connectivity index (χ2n) is 3.56. The molecule has 0 spiro atoms. The van der Waals surface area contributed by atoms with Crippen LogP contribution in [0.4, 0.5) is 9.52 Å². The molecular weight excluding hydrogens is 277 g/mol. The minimum atomic E-state index is -0.567. The van der Waals surface area contributed by atoms with Gasteiger partial charge in [0.1, 0.15) is 10.8 Å². The van der Waals surface area contributed by atoms with Gasteiger partial charge in [-0.05, 0) is 18.6 Å². The highest BCUT2D eigenvalue weighted by atomic mass is 35.5. The number of halogens is 2. The summed E-state index contributed by atoms with van der Waals surface area (Å²) in [7, 11) is 0. The molecule has 94 valence electrons. The van der Waals surface area contributed by atoms with Crippen LogP contribution in [0, 0.1) is 12.7 Å². The SMILES string of the molecule is Cc1nnc(NC(=O)Cc2cccc(Cl)c2F)s1. The molecule has 1 heterocycles. The van der Waals surface area contributed by atoms with Gasteiger partial charge in [0.05, 0.1) is 11.4 Å². The second kappa shape index (κ2) is 5.41. The first-order valence-electron chi connectivity index (χ1n) is 5.09. The van der Waals surface area contributed by atoms with Crippen LogP contribution in [-0.2, 0) is 11.2 Å². The van der Waals surface area contributed by atoms with Gasteiger partial charge in [0.2, 0.25) is 11.0 Å². The lowest BCUT2D eigenvalue weighted by Gasteiger charge is -2.04. The Morgan fingerprint density at radius 2 is 2.28 bits per heavy atom. The first kappa shape index (κ1) is 12.9. The van der Waals surface area contributed by atoms with Crippen LogP contribution < -0.4 is 5.32 Å². The smallest absolute Gasteiger partial charge is 0.230 e. The zero-order chi connectivity index (χ0) is 13.1. The summed E-state index contributed by atoms with van der Waals surface area (Å²) in [5.74, 6) is -0.921. The van der Waals surface area contributed by atoms with Crippen LogP contribution in [0.5, 0.6) is 0 Å². The van der Waals surface area contributed by atoms with E-state index < -0.39 is 5.82 Å². The Kier molecular flexibility index (Phi) is 3.88. The van der Waals surface area contributed by atoms with Gasteiger partial charge in [0, 0.05) is 0 Å². The average molecular weight is 286 g/mol. The molecule has 0 bridgehead atoms. The Balaban J connectivity index is 2.05. The highest BCUT2D eigenvalue weighted by Crippen LogP contribution is 2.19. The zero-order valence-corrected chi connectivity index (χ0v) is 11.0. The highest BCUT2D eigenvalue weighted by Gasteiger charge is 2.12. The third-order valence-electron chi connectivity index (χ3n) is 2.15. The lowest BCUT2D eigenvalue weighted by molar-refractivity contribution is -0.115. The van der Waals surface area contributed by atoms with Gasteiger partial charge in [-0.25, -0.2) is 4.39 Å². The topological polar surface area (TPSA) is 54.9 Å². The third-order valence-corrected chi connectivity index (χ3v) is 3.20. The van der Waals surface area contributed by atoms with E-state index in [9.17, 15) is 9.18 Å². The first-order valence-corrected chi connectivity index (χ1v) is 6.28. The summed E-state index contributed by atoms with van der Waals surface area (Å²) in [5, 5.41) is 11.2. The average Bonchev–Trinajstić information content (AvgIpc) is 2.70. The Morgan fingerprint density at radius 1 is 1.50 bits per heavy atom. The van der Waals surface area contributed by atoms with Crippen LogP contribution in [0.25, 0.3) is 0 Å². The molecule has 2 aromatic rings. The molecular formula is C11H9ClFN3OS. The van der Waals surface area contributed by atoms with E-state index in [0.29, 0.717) is 5.13 Å². The number of hydrogen-bond donors (Lipinski definition) is 1. The lowest BCUT2D eigenvalue weighted by Crippen LogP contribution is -2.15. The maximum absolute atomic E-state index is 13.6.